The Bertz CT molecular complexity index is 717. The molecule has 5 nitrogen and oxygen atoms in total. The normalized spacial score (nSPS) is 17.2. The minimum atomic E-state index is 0.530. The third-order valence-corrected chi connectivity index (χ3v) is 4.98. The molecule has 1 unspecified atom stereocenters. The van der Waals surface area contributed by atoms with Crippen molar-refractivity contribution in [3.63, 3.8) is 0 Å². The van der Waals surface area contributed by atoms with Gasteiger partial charge in [0.2, 0.25) is 0 Å². The van der Waals surface area contributed by atoms with Gasteiger partial charge in [-0.2, -0.15) is 0 Å². The Hall–Kier alpha value is -2.27. The number of aliphatic imine (C=N–C) groups is 1. The van der Waals surface area contributed by atoms with E-state index in [2.05, 4.69) is 57.8 Å². The summed E-state index contributed by atoms with van der Waals surface area (Å²) in [6.45, 7) is 6.79. The van der Waals surface area contributed by atoms with Crippen LogP contribution in [0.15, 0.2) is 53.7 Å². The standard InChI is InChI=1S/C21H28ClN5/c1-2-23-21(24-12-10-17-8-9-20(22)25-14-17)26-15-18-11-13-27(16-18)19-6-4-3-5-7-19/h3-9,14,18H,2,10-13,15-16H2,1H3,(H2,23,24,26). The highest BCUT2D eigenvalue weighted by atomic mass is 35.5. The summed E-state index contributed by atoms with van der Waals surface area (Å²) >= 11 is 5.83. The molecular weight excluding hydrogens is 358 g/mol. The van der Waals surface area contributed by atoms with Gasteiger partial charge in [0.25, 0.3) is 0 Å². The van der Waals surface area contributed by atoms with Crippen LogP contribution < -0.4 is 15.5 Å². The maximum absolute atomic E-state index is 5.83. The molecule has 27 heavy (non-hydrogen) atoms. The molecule has 0 spiro atoms. The number of aromatic nitrogens is 1. The second-order valence-corrected chi connectivity index (χ2v) is 7.21. The van der Waals surface area contributed by atoms with Crippen LogP contribution in [0.1, 0.15) is 18.9 Å². The molecule has 1 saturated heterocycles. The molecule has 1 aliphatic heterocycles. The Morgan fingerprint density at radius 2 is 2.07 bits per heavy atom. The van der Waals surface area contributed by atoms with Crippen LogP contribution in [0.5, 0.6) is 0 Å². The fraction of sp³-hybridized carbons (Fsp3) is 0.429. The van der Waals surface area contributed by atoms with Crippen molar-refractivity contribution in [3.8, 4) is 0 Å². The Morgan fingerprint density at radius 3 is 2.81 bits per heavy atom. The predicted molar refractivity (Wildman–Crippen MR) is 114 cm³/mol. The van der Waals surface area contributed by atoms with E-state index < -0.39 is 0 Å². The Balaban J connectivity index is 1.46. The molecule has 144 valence electrons. The van der Waals surface area contributed by atoms with Crippen LogP contribution >= 0.6 is 11.6 Å². The number of anilines is 1. The maximum atomic E-state index is 5.83. The molecule has 2 N–H and O–H groups in total. The molecule has 1 fully saturated rings. The second-order valence-electron chi connectivity index (χ2n) is 6.82. The molecular formula is C21H28ClN5. The van der Waals surface area contributed by atoms with E-state index in [1.807, 2.05) is 18.3 Å². The summed E-state index contributed by atoms with van der Waals surface area (Å²) in [7, 11) is 0. The molecule has 1 aliphatic rings. The summed E-state index contributed by atoms with van der Waals surface area (Å²) in [5.74, 6) is 1.48. The smallest absolute Gasteiger partial charge is 0.191 e. The summed E-state index contributed by atoms with van der Waals surface area (Å²) in [6, 6.07) is 14.5. The van der Waals surface area contributed by atoms with Crippen molar-refractivity contribution in [3.05, 3.63) is 59.4 Å². The van der Waals surface area contributed by atoms with Crippen molar-refractivity contribution in [2.45, 2.75) is 19.8 Å². The molecule has 0 amide bonds. The monoisotopic (exact) mass is 385 g/mol. The van der Waals surface area contributed by atoms with Gasteiger partial charge in [0.05, 0.1) is 0 Å². The maximum Gasteiger partial charge on any atom is 0.191 e. The van der Waals surface area contributed by atoms with E-state index >= 15 is 0 Å². The Labute approximate surface area is 166 Å². The number of hydrogen-bond acceptors (Lipinski definition) is 3. The van der Waals surface area contributed by atoms with Crippen LogP contribution in [0, 0.1) is 5.92 Å². The molecule has 0 aliphatic carbocycles. The summed E-state index contributed by atoms with van der Waals surface area (Å²) < 4.78 is 0. The van der Waals surface area contributed by atoms with E-state index in [4.69, 9.17) is 16.6 Å². The number of nitrogens with one attached hydrogen (secondary N) is 2. The van der Waals surface area contributed by atoms with Gasteiger partial charge in [-0.15, -0.1) is 0 Å². The molecule has 0 bridgehead atoms. The number of nitrogens with zero attached hydrogens (tertiary/aromatic N) is 3. The largest absolute Gasteiger partial charge is 0.371 e. The van der Waals surface area contributed by atoms with Crippen LogP contribution in [0.4, 0.5) is 5.69 Å². The Morgan fingerprint density at radius 1 is 1.22 bits per heavy atom. The highest BCUT2D eigenvalue weighted by Gasteiger charge is 2.22. The van der Waals surface area contributed by atoms with E-state index in [-0.39, 0.29) is 0 Å². The lowest BCUT2D eigenvalue weighted by molar-refractivity contribution is 0.599. The zero-order valence-electron chi connectivity index (χ0n) is 15.9. The van der Waals surface area contributed by atoms with Crippen LogP contribution in [-0.2, 0) is 6.42 Å². The van der Waals surface area contributed by atoms with Crippen LogP contribution in [0.2, 0.25) is 5.15 Å². The van der Waals surface area contributed by atoms with Gasteiger partial charge in [0.1, 0.15) is 5.15 Å². The minimum absolute atomic E-state index is 0.530. The van der Waals surface area contributed by atoms with Crippen LogP contribution in [0.3, 0.4) is 0 Å². The van der Waals surface area contributed by atoms with E-state index in [1.54, 1.807) is 0 Å². The highest BCUT2D eigenvalue weighted by Crippen LogP contribution is 2.23. The van der Waals surface area contributed by atoms with Crippen LogP contribution in [0.25, 0.3) is 0 Å². The number of para-hydroxylation sites is 1. The topological polar surface area (TPSA) is 52.6 Å². The van der Waals surface area contributed by atoms with Gasteiger partial charge in [-0.25, -0.2) is 4.98 Å². The molecule has 6 heteroatoms. The molecule has 3 rings (SSSR count). The molecule has 1 atom stereocenters. The second kappa shape index (κ2) is 10.2. The number of pyridine rings is 1. The fourth-order valence-electron chi connectivity index (χ4n) is 3.30. The van der Waals surface area contributed by atoms with Gasteiger partial charge in [-0.3, -0.25) is 4.99 Å². The number of hydrogen-bond donors (Lipinski definition) is 2. The Kier molecular flexibility index (Phi) is 7.34. The van der Waals surface area contributed by atoms with Gasteiger partial charge < -0.3 is 15.5 Å². The minimum Gasteiger partial charge on any atom is -0.371 e. The average Bonchev–Trinajstić information content (AvgIpc) is 3.17. The molecule has 0 radical (unpaired) electrons. The summed E-state index contributed by atoms with van der Waals surface area (Å²) in [5.41, 5.74) is 2.47. The van der Waals surface area contributed by atoms with E-state index in [1.165, 1.54) is 12.1 Å². The first kappa shape index (κ1) is 19.5. The van der Waals surface area contributed by atoms with Crippen molar-refractivity contribution >= 4 is 23.2 Å². The van der Waals surface area contributed by atoms with Gasteiger partial charge >= 0.3 is 0 Å². The highest BCUT2D eigenvalue weighted by molar-refractivity contribution is 6.29. The fourth-order valence-corrected chi connectivity index (χ4v) is 3.41. The first-order chi connectivity index (χ1) is 13.2. The quantitative estimate of drug-likeness (QED) is 0.436. The van der Waals surface area contributed by atoms with E-state index in [0.717, 1.165) is 50.7 Å². The summed E-state index contributed by atoms with van der Waals surface area (Å²) in [6.07, 6.45) is 3.90. The predicted octanol–water partition coefficient (Wildman–Crippen LogP) is 3.36. The third kappa shape index (κ3) is 6.14. The first-order valence-corrected chi connectivity index (χ1v) is 10.0. The van der Waals surface area contributed by atoms with Crippen molar-refractivity contribution < 1.29 is 0 Å². The first-order valence-electron chi connectivity index (χ1n) is 9.67. The molecule has 2 aromatic rings. The summed E-state index contributed by atoms with van der Waals surface area (Å²) in [4.78, 5) is 11.4. The van der Waals surface area contributed by atoms with Crippen molar-refractivity contribution in [1.82, 2.24) is 15.6 Å². The van der Waals surface area contributed by atoms with E-state index in [0.29, 0.717) is 11.1 Å². The van der Waals surface area contributed by atoms with Crippen molar-refractivity contribution in [2.75, 3.05) is 37.6 Å². The SMILES string of the molecule is CCNC(=NCC1CCN(c2ccccc2)C1)NCCc1ccc(Cl)nc1. The number of guanidine groups is 1. The summed E-state index contributed by atoms with van der Waals surface area (Å²) in [5, 5.41) is 7.28. The lowest BCUT2D eigenvalue weighted by Gasteiger charge is -2.18. The van der Waals surface area contributed by atoms with E-state index in [9.17, 15) is 0 Å². The lowest BCUT2D eigenvalue weighted by Crippen LogP contribution is -2.38. The number of benzene rings is 1. The molecule has 2 heterocycles. The van der Waals surface area contributed by atoms with Gasteiger partial charge in [-0.1, -0.05) is 35.9 Å². The molecule has 1 aromatic carbocycles. The van der Waals surface area contributed by atoms with Crippen LogP contribution in [-0.4, -0.2) is 43.7 Å². The molecule has 0 saturated carbocycles. The number of rotatable bonds is 7. The van der Waals surface area contributed by atoms with Crippen molar-refractivity contribution in [1.29, 1.82) is 0 Å². The molecule has 1 aromatic heterocycles. The average molecular weight is 386 g/mol. The van der Waals surface area contributed by atoms with Gasteiger partial charge in [-0.05, 0) is 49.4 Å². The third-order valence-electron chi connectivity index (χ3n) is 4.75. The van der Waals surface area contributed by atoms with Gasteiger partial charge in [0, 0.05) is 44.6 Å². The number of halogens is 1. The van der Waals surface area contributed by atoms with Gasteiger partial charge in [0.15, 0.2) is 5.96 Å². The zero-order chi connectivity index (χ0) is 18.9. The van der Waals surface area contributed by atoms with Crippen molar-refractivity contribution in [2.24, 2.45) is 10.9 Å². The zero-order valence-corrected chi connectivity index (χ0v) is 16.6. The lowest BCUT2D eigenvalue weighted by atomic mass is 10.1.